The fraction of sp³-hybridized carbons (Fsp3) is 0.500. The third kappa shape index (κ3) is 4.44. The molecule has 1 aromatic rings. The molecule has 19 heavy (non-hydrogen) atoms. The van der Waals surface area contributed by atoms with Crippen LogP contribution < -0.4 is 10.6 Å². The van der Waals surface area contributed by atoms with Gasteiger partial charge in [-0.3, -0.25) is 5.32 Å². The minimum absolute atomic E-state index is 0.320. The number of hydrogen-bond acceptors (Lipinski definition) is 4. The van der Waals surface area contributed by atoms with Gasteiger partial charge in [0.05, 0.1) is 5.37 Å². The van der Waals surface area contributed by atoms with Gasteiger partial charge >= 0.3 is 6.09 Å². The highest BCUT2D eigenvalue weighted by Crippen LogP contribution is 2.31. The summed E-state index contributed by atoms with van der Waals surface area (Å²) in [6, 6.07) is 7.87. The Morgan fingerprint density at radius 1 is 1.47 bits per heavy atom. The van der Waals surface area contributed by atoms with Crippen LogP contribution in [0.1, 0.15) is 31.7 Å². The number of carbonyl (C=O) groups is 1. The SMILES string of the molecule is CC(C)(C)OC(=O)Nc1cccc([C@H]2NCCS2)c1. The lowest BCUT2D eigenvalue weighted by molar-refractivity contribution is 0.0636. The van der Waals surface area contributed by atoms with Crippen LogP contribution in [0.4, 0.5) is 10.5 Å². The van der Waals surface area contributed by atoms with E-state index in [1.807, 2.05) is 50.7 Å². The van der Waals surface area contributed by atoms with Gasteiger partial charge in [0.15, 0.2) is 0 Å². The fourth-order valence-corrected chi connectivity index (χ4v) is 2.89. The minimum atomic E-state index is -0.482. The number of anilines is 1. The molecule has 5 heteroatoms. The van der Waals surface area contributed by atoms with E-state index in [0.29, 0.717) is 5.37 Å². The normalized spacial score (nSPS) is 19.2. The fourth-order valence-electron chi connectivity index (χ4n) is 1.84. The number of carbonyl (C=O) groups excluding carboxylic acids is 1. The largest absolute Gasteiger partial charge is 0.444 e. The zero-order chi connectivity index (χ0) is 13.9. The molecule has 1 atom stereocenters. The van der Waals surface area contributed by atoms with Gasteiger partial charge < -0.3 is 10.1 Å². The molecule has 0 radical (unpaired) electrons. The standard InChI is InChI=1S/C14H20N2O2S/c1-14(2,3)18-13(17)16-11-6-4-5-10(9-11)12-15-7-8-19-12/h4-6,9,12,15H,7-8H2,1-3H3,(H,16,17)/t12-/m0/s1. The Morgan fingerprint density at radius 2 is 2.26 bits per heavy atom. The molecule has 0 aromatic heterocycles. The summed E-state index contributed by atoms with van der Waals surface area (Å²) in [6.45, 7) is 6.57. The molecule has 2 rings (SSSR count). The summed E-state index contributed by atoms with van der Waals surface area (Å²) >= 11 is 1.88. The molecule has 0 spiro atoms. The van der Waals surface area contributed by atoms with Gasteiger partial charge in [0.2, 0.25) is 0 Å². The lowest BCUT2D eigenvalue weighted by atomic mass is 10.2. The average molecular weight is 280 g/mol. The number of amides is 1. The zero-order valence-corrected chi connectivity index (χ0v) is 12.3. The summed E-state index contributed by atoms with van der Waals surface area (Å²) in [7, 11) is 0. The van der Waals surface area contributed by atoms with Crippen LogP contribution >= 0.6 is 11.8 Å². The van der Waals surface area contributed by atoms with Crippen LogP contribution in [0, 0.1) is 0 Å². The molecule has 1 fully saturated rings. The van der Waals surface area contributed by atoms with Crippen molar-refractivity contribution in [1.82, 2.24) is 5.32 Å². The van der Waals surface area contributed by atoms with E-state index >= 15 is 0 Å². The third-order valence-corrected chi connectivity index (χ3v) is 3.76. The summed E-state index contributed by atoms with van der Waals surface area (Å²) < 4.78 is 5.24. The van der Waals surface area contributed by atoms with Crippen LogP contribution in [-0.4, -0.2) is 24.0 Å². The third-order valence-electron chi connectivity index (χ3n) is 2.55. The monoisotopic (exact) mass is 280 g/mol. The van der Waals surface area contributed by atoms with E-state index in [1.165, 1.54) is 5.56 Å². The molecule has 104 valence electrons. The predicted octanol–water partition coefficient (Wildman–Crippen LogP) is 3.37. The molecule has 1 aromatic carbocycles. The molecule has 4 nitrogen and oxygen atoms in total. The Labute approximate surface area is 118 Å². The van der Waals surface area contributed by atoms with E-state index in [-0.39, 0.29) is 0 Å². The van der Waals surface area contributed by atoms with Gasteiger partial charge in [-0.25, -0.2) is 4.79 Å². The number of thioether (sulfide) groups is 1. The van der Waals surface area contributed by atoms with Crippen molar-refractivity contribution in [3.63, 3.8) is 0 Å². The highest BCUT2D eigenvalue weighted by molar-refractivity contribution is 7.99. The number of ether oxygens (including phenoxy) is 1. The van der Waals surface area contributed by atoms with Crippen molar-refractivity contribution in [2.75, 3.05) is 17.6 Å². The first-order chi connectivity index (χ1) is 8.94. The number of benzene rings is 1. The maximum absolute atomic E-state index is 11.7. The van der Waals surface area contributed by atoms with E-state index in [4.69, 9.17) is 4.74 Å². The molecule has 1 aliphatic rings. The average Bonchev–Trinajstić information content (AvgIpc) is 2.79. The molecular formula is C14H20N2O2S. The molecule has 0 saturated carbocycles. The van der Waals surface area contributed by atoms with E-state index in [9.17, 15) is 4.79 Å². The zero-order valence-electron chi connectivity index (χ0n) is 11.5. The topological polar surface area (TPSA) is 50.4 Å². The molecule has 1 aliphatic heterocycles. The van der Waals surface area contributed by atoms with Crippen molar-refractivity contribution in [2.45, 2.75) is 31.7 Å². The summed E-state index contributed by atoms with van der Waals surface area (Å²) in [5.74, 6) is 1.12. The quantitative estimate of drug-likeness (QED) is 0.872. The van der Waals surface area contributed by atoms with Gasteiger partial charge in [-0.1, -0.05) is 12.1 Å². The first kappa shape index (κ1) is 14.2. The molecule has 1 heterocycles. The lowest BCUT2D eigenvalue weighted by Crippen LogP contribution is -2.27. The van der Waals surface area contributed by atoms with Crippen LogP contribution in [0.5, 0.6) is 0 Å². The molecule has 2 N–H and O–H groups in total. The summed E-state index contributed by atoms with van der Waals surface area (Å²) in [4.78, 5) is 11.7. The Balaban J connectivity index is 2.00. The minimum Gasteiger partial charge on any atom is -0.444 e. The second-order valence-corrected chi connectivity index (χ2v) is 6.67. The van der Waals surface area contributed by atoms with E-state index in [2.05, 4.69) is 16.7 Å². The Morgan fingerprint density at radius 3 is 2.89 bits per heavy atom. The lowest BCUT2D eigenvalue weighted by Gasteiger charge is -2.20. The van der Waals surface area contributed by atoms with Crippen molar-refractivity contribution < 1.29 is 9.53 Å². The van der Waals surface area contributed by atoms with Crippen molar-refractivity contribution in [3.8, 4) is 0 Å². The van der Waals surface area contributed by atoms with Crippen LogP contribution in [0.2, 0.25) is 0 Å². The van der Waals surface area contributed by atoms with Crippen LogP contribution in [0.3, 0.4) is 0 Å². The molecular weight excluding hydrogens is 260 g/mol. The van der Waals surface area contributed by atoms with Gasteiger partial charge in [0.25, 0.3) is 0 Å². The highest BCUT2D eigenvalue weighted by Gasteiger charge is 2.18. The predicted molar refractivity (Wildman–Crippen MR) is 79.5 cm³/mol. The van der Waals surface area contributed by atoms with Crippen molar-refractivity contribution >= 4 is 23.5 Å². The van der Waals surface area contributed by atoms with Crippen molar-refractivity contribution in [1.29, 1.82) is 0 Å². The molecule has 0 aliphatic carbocycles. The summed E-state index contributed by atoms with van der Waals surface area (Å²) in [5.41, 5.74) is 1.46. The highest BCUT2D eigenvalue weighted by atomic mass is 32.2. The summed E-state index contributed by atoms with van der Waals surface area (Å²) in [6.07, 6.45) is -0.420. The van der Waals surface area contributed by atoms with Crippen molar-refractivity contribution in [3.05, 3.63) is 29.8 Å². The van der Waals surface area contributed by atoms with Gasteiger partial charge in [-0.2, -0.15) is 0 Å². The number of nitrogens with one attached hydrogen (secondary N) is 2. The van der Waals surface area contributed by atoms with Gasteiger partial charge in [-0.15, -0.1) is 11.8 Å². The Bertz CT molecular complexity index is 451. The van der Waals surface area contributed by atoms with Crippen molar-refractivity contribution in [2.24, 2.45) is 0 Å². The smallest absolute Gasteiger partial charge is 0.412 e. The summed E-state index contributed by atoms with van der Waals surface area (Å²) in [5, 5.41) is 6.49. The second-order valence-electron chi connectivity index (χ2n) is 5.46. The van der Waals surface area contributed by atoms with Crippen LogP contribution in [-0.2, 0) is 4.74 Å². The molecule has 1 amide bonds. The molecule has 0 bridgehead atoms. The van der Waals surface area contributed by atoms with Gasteiger partial charge in [-0.05, 0) is 38.5 Å². The van der Waals surface area contributed by atoms with Gasteiger partial charge in [0, 0.05) is 18.0 Å². The second kappa shape index (κ2) is 5.84. The maximum Gasteiger partial charge on any atom is 0.412 e. The first-order valence-corrected chi connectivity index (χ1v) is 7.44. The Hall–Kier alpha value is -1.20. The molecule has 1 saturated heterocycles. The number of hydrogen-bond donors (Lipinski definition) is 2. The maximum atomic E-state index is 11.7. The van der Waals surface area contributed by atoms with Crippen LogP contribution in [0.15, 0.2) is 24.3 Å². The van der Waals surface area contributed by atoms with Gasteiger partial charge in [0.1, 0.15) is 5.60 Å². The van der Waals surface area contributed by atoms with E-state index in [0.717, 1.165) is 18.0 Å². The van der Waals surface area contributed by atoms with E-state index < -0.39 is 11.7 Å². The Kier molecular flexibility index (Phi) is 4.37. The van der Waals surface area contributed by atoms with Crippen LogP contribution in [0.25, 0.3) is 0 Å². The van der Waals surface area contributed by atoms with E-state index in [1.54, 1.807) is 0 Å². The molecule has 0 unspecified atom stereocenters. The first-order valence-electron chi connectivity index (χ1n) is 6.39. The number of rotatable bonds is 2.